The van der Waals surface area contributed by atoms with Crippen molar-refractivity contribution in [3.05, 3.63) is 46.9 Å². The summed E-state index contributed by atoms with van der Waals surface area (Å²) in [4.78, 5) is 24.4. The second-order valence-electron chi connectivity index (χ2n) is 5.71. The summed E-state index contributed by atoms with van der Waals surface area (Å²) < 4.78 is 21.3. The van der Waals surface area contributed by atoms with Crippen LogP contribution < -0.4 is 9.47 Å². The van der Waals surface area contributed by atoms with Gasteiger partial charge < -0.3 is 18.9 Å². The lowest BCUT2D eigenvalue weighted by Gasteiger charge is -2.23. The molecule has 0 saturated heterocycles. The van der Waals surface area contributed by atoms with Crippen molar-refractivity contribution in [1.29, 1.82) is 0 Å². The molecule has 0 radical (unpaired) electrons. The molecule has 3 rings (SSSR count). The van der Waals surface area contributed by atoms with E-state index in [-0.39, 0.29) is 24.1 Å². The van der Waals surface area contributed by atoms with E-state index in [0.29, 0.717) is 35.7 Å². The number of methoxy groups -OCH3 is 2. The van der Waals surface area contributed by atoms with Gasteiger partial charge in [0.05, 0.1) is 20.8 Å². The van der Waals surface area contributed by atoms with Crippen LogP contribution in [0.5, 0.6) is 11.5 Å². The molecular weight excluding hydrogens is 324 g/mol. The molecule has 0 fully saturated rings. The molecule has 132 valence electrons. The number of allylic oxidation sites excluding steroid dienone is 3. The van der Waals surface area contributed by atoms with Crippen molar-refractivity contribution >= 4 is 11.8 Å². The first-order valence-electron chi connectivity index (χ1n) is 8.14. The highest BCUT2D eigenvalue weighted by Gasteiger charge is 2.37. The first kappa shape index (κ1) is 17.1. The molecule has 1 aromatic carbocycles. The molecule has 0 aromatic heterocycles. The van der Waals surface area contributed by atoms with Gasteiger partial charge in [-0.3, -0.25) is 4.79 Å². The zero-order chi connectivity index (χ0) is 18.0. The Labute approximate surface area is 146 Å². The van der Waals surface area contributed by atoms with Crippen LogP contribution in [0.3, 0.4) is 0 Å². The minimum absolute atomic E-state index is 0.0361. The van der Waals surface area contributed by atoms with Crippen molar-refractivity contribution in [2.24, 2.45) is 0 Å². The van der Waals surface area contributed by atoms with Gasteiger partial charge in [-0.25, -0.2) is 4.79 Å². The van der Waals surface area contributed by atoms with Crippen molar-refractivity contribution in [1.82, 2.24) is 0 Å². The Morgan fingerprint density at radius 3 is 2.64 bits per heavy atom. The van der Waals surface area contributed by atoms with Gasteiger partial charge >= 0.3 is 5.97 Å². The summed E-state index contributed by atoms with van der Waals surface area (Å²) in [6.45, 7) is 1.99. The van der Waals surface area contributed by atoms with Gasteiger partial charge in [-0.1, -0.05) is 6.07 Å². The lowest BCUT2D eigenvalue weighted by Crippen LogP contribution is -2.18. The quantitative estimate of drug-likeness (QED) is 0.765. The largest absolute Gasteiger partial charge is 0.493 e. The summed E-state index contributed by atoms with van der Waals surface area (Å²) in [5, 5.41) is 0. The molecule has 0 amide bonds. The molecule has 1 aromatic rings. The Morgan fingerprint density at radius 2 is 1.96 bits per heavy atom. The van der Waals surface area contributed by atoms with Crippen molar-refractivity contribution in [3.8, 4) is 11.5 Å². The number of rotatable bonds is 5. The molecule has 25 heavy (non-hydrogen) atoms. The number of ketones is 1. The Bertz CT molecular complexity index is 774. The van der Waals surface area contributed by atoms with Crippen LogP contribution >= 0.6 is 0 Å². The van der Waals surface area contributed by atoms with E-state index in [1.807, 2.05) is 12.1 Å². The fourth-order valence-corrected chi connectivity index (χ4v) is 3.13. The van der Waals surface area contributed by atoms with Crippen LogP contribution in [-0.2, 0) is 19.1 Å². The summed E-state index contributed by atoms with van der Waals surface area (Å²) in [5.74, 6) is 0.959. The fraction of sp³-hybridized carbons (Fsp3) is 0.368. The second-order valence-corrected chi connectivity index (χ2v) is 5.71. The number of carbonyl (C=O) groups is 2. The zero-order valence-corrected chi connectivity index (χ0v) is 14.5. The fourth-order valence-electron chi connectivity index (χ4n) is 3.13. The van der Waals surface area contributed by atoms with Gasteiger partial charge in [0.25, 0.3) is 0 Å². The molecule has 0 saturated carbocycles. The van der Waals surface area contributed by atoms with Crippen LogP contribution in [-0.4, -0.2) is 32.6 Å². The number of carbonyl (C=O) groups excluding carboxylic acids is 2. The third-order valence-corrected chi connectivity index (χ3v) is 4.29. The van der Waals surface area contributed by atoms with Gasteiger partial charge in [0.1, 0.15) is 5.76 Å². The Kier molecular flexibility index (Phi) is 4.79. The van der Waals surface area contributed by atoms with Crippen LogP contribution in [0.2, 0.25) is 0 Å². The standard InChI is InChI=1S/C19H20O6/c1-4-24-19(21)17-10-12(18-13(20)6-8-15(18)25-17)11-5-7-14(22-2)16(9-11)23-3/h5,7,9-10,12H,4,6,8H2,1-3H3. The smallest absolute Gasteiger partial charge is 0.373 e. The van der Waals surface area contributed by atoms with Gasteiger partial charge in [-0.15, -0.1) is 0 Å². The Hall–Kier alpha value is -2.76. The predicted molar refractivity (Wildman–Crippen MR) is 89.4 cm³/mol. The number of ether oxygens (including phenoxy) is 4. The molecule has 0 spiro atoms. The highest BCUT2D eigenvalue weighted by atomic mass is 16.6. The van der Waals surface area contributed by atoms with Crippen molar-refractivity contribution in [2.45, 2.75) is 25.7 Å². The van der Waals surface area contributed by atoms with E-state index < -0.39 is 5.97 Å². The molecular formula is C19H20O6. The van der Waals surface area contributed by atoms with Gasteiger partial charge in [0.2, 0.25) is 5.76 Å². The maximum absolute atomic E-state index is 12.3. The van der Waals surface area contributed by atoms with Crippen LogP contribution in [0.1, 0.15) is 31.2 Å². The molecule has 2 aliphatic rings. The van der Waals surface area contributed by atoms with Crippen LogP contribution in [0.25, 0.3) is 0 Å². The minimum atomic E-state index is -0.529. The number of hydrogen-bond donors (Lipinski definition) is 0. The maximum atomic E-state index is 12.3. The molecule has 0 N–H and O–H groups in total. The lowest BCUT2D eigenvalue weighted by atomic mass is 9.87. The highest BCUT2D eigenvalue weighted by Crippen LogP contribution is 2.43. The molecule has 6 heteroatoms. The van der Waals surface area contributed by atoms with E-state index in [1.165, 1.54) is 0 Å². The number of benzene rings is 1. The van der Waals surface area contributed by atoms with E-state index in [9.17, 15) is 9.59 Å². The molecule has 1 aliphatic carbocycles. The molecule has 6 nitrogen and oxygen atoms in total. The van der Waals surface area contributed by atoms with Crippen LogP contribution in [0.4, 0.5) is 0 Å². The van der Waals surface area contributed by atoms with E-state index >= 15 is 0 Å². The van der Waals surface area contributed by atoms with Gasteiger partial charge in [-0.2, -0.15) is 0 Å². The van der Waals surface area contributed by atoms with Gasteiger partial charge in [0.15, 0.2) is 17.3 Å². The summed E-state index contributed by atoms with van der Waals surface area (Å²) in [5.41, 5.74) is 1.42. The van der Waals surface area contributed by atoms with Crippen LogP contribution in [0.15, 0.2) is 41.4 Å². The number of hydrogen-bond acceptors (Lipinski definition) is 6. The lowest BCUT2D eigenvalue weighted by molar-refractivity contribution is -0.142. The van der Waals surface area contributed by atoms with E-state index in [0.717, 1.165) is 5.56 Å². The normalized spacial score (nSPS) is 19.1. The van der Waals surface area contributed by atoms with Gasteiger partial charge in [-0.05, 0) is 30.7 Å². The molecule has 1 aliphatic heterocycles. The topological polar surface area (TPSA) is 71.1 Å². The Balaban J connectivity index is 2.04. The third kappa shape index (κ3) is 3.12. The SMILES string of the molecule is CCOC(=O)C1=CC(c2ccc(OC)c(OC)c2)C2=C(CCC2=O)O1. The summed E-state index contributed by atoms with van der Waals surface area (Å²) >= 11 is 0. The number of Topliss-reactive ketones (excluding diaryl/α,β-unsaturated/α-hetero) is 1. The van der Waals surface area contributed by atoms with E-state index in [4.69, 9.17) is 18.9 Å². The summed E-state index contributed by atoms with van der Waals surface area (Å²) in [7, 11) is 3.11. The average molecular weight is 344 g/mol. The summed E-state index contributed by atoms with van der Waals surface area (Å²) in [6, 6.07) is 5.44. The second kappa shape index (κ2) is 7.01. The molecule has 1 atom stereocenters. The van der Waals surface area contributed by atoms with Crippen molar-refractivity contribution < 1.29 is 28.5 Å². The first-order valence-corrected chi connectivity index (χ1v) is 8.14. The third-order valence-electron chi connectivity index (χ3n) is 4.29. The molecule has 0 bridgehead atoms. The number of esters is 1. The monoisotopic (exact) mass is 344 g/mol. The highest BCUT2D eigenvalue weighted by molar-refractivity contribution is 6.01. The molecule has 1 heterocycles. The summed E-state index contributed by atoms with van der Waals surface area (Å²) in [6.07, 6.45) is 2.52. The zero-order valence-electron chi connectivity index (χ0n) is 14.5. The van der Waals surface area contributed by atoms with Crippen LogP contribution in [0, 0.1) is 0 Å². The minimum Gasteiger partial charge on any atom is -0.493 e. The predicted octanol–water partition coefficient (Wildman–Crippen LogP) is 2.88. The van der Waals surface area contributed by atoms with Crippen molar-refractivity contribution in [2.75, 3.05) is 20.8 Å². The first-order chi connectivity index (χ1) is 12.1. The van der Waals surface area contributed by atoms with E-state index in [2.05, 4.69) is 0 Å². The van der Waals surface area contributed by atoms with Crippen molar-refractivity contribution in [3.63, 3.8) is 0 Å². The van der Waals surface area contributed by atoms with Gasteiger partial charge in [0, 0.05) is 24.3 Å². The Morgan fingerprint density at radius 1 is 1.20 bits per heavy atom. The maximum Gasteiger partial charge on any atom is 0.373 e. The molecule has 1 unspecified atom stereocenters. The van der Waals surface area contributed by atoms with E-state index in [1.54, 1.807) is 33.3 Å². The average Bonchev–Trinajstić information content (AvgIpc) is 3.01.